The monoisotopic (exact) mass is 254 g/mol. The summed E-state index contributed by atoms with van der Waals surface area (Å²) in [5, 5.41) is 5.75. The second kappa shape index (κ2) is 7.08. The van der Waals surface area contributed by atoms with E-state index in [1.54, 1.807) is 20.1 Å². The summed E-state index contributed by atoms with van der Waals surface area (Å²) in [6.07, 6.45) is 0. The highest BCUT2D eigenvalue weighted by atomic mass is 19.1. The van der Waals surface area contributed by atoms with E-state index in [9.17, 15) is 9.18 Å². The number of anilines is 1. The molecule has 0 aliphatic carbocycles. The molecule has 0 saturated heterocycles. The predicted octanol–water partition coefficient (Wildman–Crippen LogP) is 1.70. The molecule has 5 heteroatoms. The molecule has 0 heterocycles. The van der Waals surface area contributed by atoms with Gasteiger partial charge in [-0.2, -0.15) is 0 Å². The molecule has 4 nitrogen and oxygen atoms in total. The minimum Gasteiger partial charge on any atom is -0.383 e. The summed E-state index contributed by atoms with van der Waals surface area (Å²) in [5.74, 6) is -0.468. The number of halogens is 1. The lowest BCUT2D eigenvalue weighted by Gasteiger charge is -2.13. The third-order valence-corrected chi connectivity index (χ3v) is 2.49. The van der Waals surface area contributed by atoms with Gasteiger partial charge in [0, 0.05) is 18.8 Å². The van der Waals surface area contributed by atoms with Gasteiger partial charge >= 0.3 is 0 Å². The van der Waals surface area contributed by atoms with Crippen LogP contribution in [0.4, 0.5) is 10.1 Å². The third kappa shape index (κ3) is 4.81. The van der Waals surface area contributed by atoms with Gasteiger partial charge in [-0.3, -0.25) is 4.79 Å². The fourth-order valence-corrected chi connectivity index (χ4v) is 1.54. The van der Waals surface area contributed by atoms with Crippen LogP contribution in [0.5, 0.6) is 0 Å². The number of carbonyl (C=O) groups is 1. The number of ether oxygens (including phenoxy) is 1. The van der Waals surface area contributed by atoms with Crippen molar-refractivity contribution in [3.63, 3.8) is 0 Å². The molecule has 100 valence electrons. The van der Waals surface area contributed by atoms with Crippen molar-refractivity contribution >= 4 is 11.6 Å². The largest absolute Gasteiger partial charge is 0.383 e. The summed E-state index contributed by atoms with van der Waals surface area (Å²) >= 11 is 0. The van der Waals surface area contributed by atoms with Gasteiger partial charge < -0.3 is 15.4 Å². The van der Waals surface area contributed by atoms with E-state index < -0.39 is 0 Å². The molecule has 1 rings (SSSR count). The SMILES string of the molecule is COCC(C)NCC(=O)Nc1ccc(F)cc1C. The number of nitrogens with one attached hydrogen (secondary N) is 2. The first-order valence-electron chi connectivity index (χ1n) is 5.81. The van der Waals surface area contributed by atoms with E-state index in [4.69, 9.17) is 4.74 Å². The van der Waals surface area contributed by atoms with Gasteiger partial charge in [-0.05, 0) is 37.6 Å². The van der Waals surface area contributed by atoms with Crippen LogP contribution in [0.2, 0.25) is 0 Å². The maximum atomic E-state index is 12.9. The van der Waals surface area contributed by atoms with Crippen molar-refractivity contribution in [1.82, 2.24) is 5.32 Å². The van der Waals surface area contributed by atoms with E-state index in [0.29, 0.717) is 17.9 Å². The van der Waals surface area contributed by atoms with Crippen molar-refractivity contribution < 1.29 is 13.9 Å². The molecule has 0 aromatic heterocycles. The molecule has 18 heavy (non-hydrogen) atoms. The molecule has 0 radical (unpaired) electrons. The number of hydrogen-bond acceptors (Lipinski definition) is 3. The Morgan fingerprint density at radius 3 is 2.83 bits per heavy atom. The summed E-state index contributed by atoms with van der Waals surface area (Å²) in [6, 6.07) is 4.37. The molecule has 0 fully saturated rings. The minimum absolute atomic E-state index is 0.107. The Bertz CT molecular complexity index is 410. The summed E-state index contributed by atoms with van der Waals surface area (Å²) in [6.45, 7) is 4.42. The second-order valence-corrected chi connectivity index (χ2v) is 4.24. The van der Waals surface area contributed by atoms with Crippen molar-refractivity contribution in [3.8, 4) is 0 Å². The molecule has 1 amide bonds. The lowest BCUT2D eigenvalue weighted by Crippen LogP contribution is -2.36. The molecular weight excluding hydrogens is 235 g/mol. The Morgan fingerprint density at radius 1 is 1.50 bits per heavy atom. The zero-order valence-corrected chi connectivity index (χ0v) is 10.9. The van der Waals surface area contributed by atoms with E-state index in [2.05, 4.69) is 10.6 Å². The number of carbonyl (C=O) groups excluding carboxylic acids is 1. The van der Waals surface area contributed by atoms with Crippen LogP contribution in [-0.2, 0) is 9.53 Å². The molecule has 0 aliphatic heterocycles. The maximum absolute atomic E-state index is 12.9. The van der Waals surface area contributed by atoms with Crippen LogP contribution in [0.1, 0.15) is 12.5 Å². The first-order valence-corrected chi connectivity index (χ1v) is 5.81. The molecule has 1 unspecified atom stereocenters. The quantitative estimate of drug-likeness (QED) is 0.812. The Balaban J connectivity index is 2.44. The lowest BCUT2D eigenvalue weighted by molar-refractivity contribution is -0.115. The van der Waals surface area contributed by atoms with Gasteiger partial charge in [0.15, 0.2) is 0 Å². The highest BCUT2D eigenvalue weighted by Gasteiger charge is 2.07. The van der Waals surface area contributed by atoms with Gasteiger partial charge in [-0.25, -0.2) is 4.39 Å². The lowest BCUT2D eigenvalue weighted by atomic mass is 10.2. The molecule has 0 aliphatic rings. The van der Waals surface area contributed by atoms with Gasteiger partial charge in [0.2, 0.25) is 5.91 Å². The maximum Gasteiger partial charge on any atom is 0.238 e. The van der Waals surface area contributed by atoms with Crippen molar-refractivity contribution in [2.45, 2.75) is 19.9 Å². The van der Waals surface area contributed by atoms with Gasteiger partial charge in [-0.15, -0.1) is 0 Å². The van der Waals surface area contributed by atoms with Crippen LogP contribution in [0.15, 0.2) is 18.2 Å². The summed E-state index contributed by atoms with van der Waals surface area (Å²) in [7, 11) is 1.61. The zero-order valence-electron chi connectivity index (χ0n) is 10.9. The molecule has 1 aromatic rings. The molecular formula is C13H19FN2O2. The molecule has 0 bridgehead atoms. The van der Waals surface area contributed by atoms with Crippen LogP contribution in [0, 0.1) is 12.7 Å². The Morgan fingerprint density at radius 2 is 2.22 bits per heavy atom. The fraction of sp³-hybridized carbons (Fsp3) is 0.462. The third-order valence-electron chi connectivity index (χ3n) is 2.49. The molecule has 1 aromatic carbocycles. The average Bonchev–Trinajstić information content (AvgIpc) is 2.31. The van der Waals surface area contributed by atoms with Crippen molar-refractivity contribution in [3.05, 3.63) is 29.6 Å². The van der Waals surface area contributed by atoms with Gasteiger partial charge in [-0.1, -0.05) is 0 Å². The van der Waals surface area contributed by atoms with E-state index >= 15 is 0 Å². The smallest absolute Gasteiger partial charge is 0.238 e. The van der Waals surface area contributed by atoms with Crippen LogP contribution in [-0.4, -0.2) is 32.2 Å². The number of hydrogen-bond donors (Lipinski definition) is 2. The Hall–Kier alpha value is -1.46. The first kappa shape index (κ1) is 14.6. The number of amides is 1. The highest BCUT2D eigenvalue weighted by Crippen LogP contribution is 2.15. The van der Waals surface area contributed by atoms with E-state index in [-0.39, 0.29) is 24.3 Å². The zero-order chi connectivity index (χ0) is 13.5. The van der Waals surface area contributed by atoms with Crippen LogP contribution >= 0.6 is 0 Å². The number of rotatable bonds is 6. The van der Waals surface area contributed by atoms with Crippen LogP contribution in [0.3, 0.4) is 0 Å². The predicted molar refractivity (Wildman–Crippen MR) is 69.1 cm³/mol. The number of aryl methyl sites for hydroxylation is 1. The van der Waals surface area contributed by atoms with Gasteiger partial charge in [0.25, 0.3) is 0 Å². The average molecular weight is 254 g/mol. The molecule has 2 N–H and O–H groups in total. The number of benzene rings is 1. The van der Waals surface area contributed by atoms with E-state index in [1.807, 2.05) is 6.92 Å². The highest BCUT2D eigenvalue weighted by molar-refractivity contribution is 5.92. The standard InChI is InChI=1S/C13H19FN2O2/c1-9-6-11(14)4-5-12(9)16-13(17)7-15-10(2)8-18-3/h4-6,10,15H,7-8H2,1-3H3,(H,16,17). The molecule has 0 spiro atoms. The summed E-state index contributed by atoms with van der Waals surface area (Å²) < 4.78 is 17.8. The summed E-state index contributed by atoms with van der Waals surface area (Å²) in [4.78, 5) is 11.7. The molecule has 1 atom stereocenters. The number of methoxy groups -OCH3 is 1. The van der Waals surface area contributed by atoms with E-state index in [1.165, 1.54) is 12.1 Å². The summed E-state index contributed by atoms with van der Waals surface area (Å²) in [5.41, 5.74) is 1.33. The Labute approximate surface area is 107 Å². The van der Waals surface area contributed by atoms with Crippen molar-refractivity contribution in [1.29, 1.82) is 0 Å². The minimum atomic E-state index is -0.308. The van der Waals surface area contributed by atoms with Crippen molar-refractivity contribution in [2.75, 3.05) is 25.6 Å². The first-order chi connectivity index (χ1) is 8.52. The van der Waals surface area contributed by atoms with Gasteiger partial charge in [0.1, 0.15) is 5.82 Å². The van der Waals surface area contributed by atoms with Crippen LogP contribution < -0.4 is 10.6 Å². The second-order valence-electron chi connectivity index (χ2n) is 4.24. The van der Waals surface area contributed by atoms with Crippen molar-refractivity contribution in [2.24, 2.45) is 0 Å². The van der Waals surface area contributed by atoms with Gasteiger partial charge in [0.05, 0.1) is 13.2 Å². The van der Waals surface area contributed by atoms with Crippen LogP contribution in [0.25, 0.3) is 0 Å². The topological polar surface area (TPSA) is 50.4 Å². The fourth-order valence-electron chi connectivity index (χ4n) is 1.54. The normalized spacial score (nSPS) is 12.2. The molecule has 0 saturated carbocycles. The Kier molecular flexibility index (Phi) is 5.74. The van der Waals surface area contributed by atoms with E-state index in [0.717, 1.165) is 0 Å².